The van der Waals surface area contributed by atoms with Crippen molar-refractivity contribution in [2.75, 3.05) is 0 Å². The highest BCUT2D eigenvalue weighted by atomic mass is 19.1. The molecule has 0 aliphatic carbocycles. The molecule has 11 nitrogen and oxygen atoms in total. The maximum Gasteiger partial charge on any atom is 0.303 e. The second kappa shape index (κ2) is 12.0. The number of amides is 2. The third-order valence-electron chi connectivity index (χ3n) is 5.85. The monoisotopic (exact) mass is 532 g/mol. The predicted molar refractivity (Wildman–Crippen MR) is 136 cm³/mol. The van der Waals surface area contributed by atoms with Gasteiger partial charge >= 0.3 is 5.97 Å². The summed E-state index contributed by atoms with van der Waals surface area (Å²) in [6.45, 7) is 3.61. The zero-order valence-corrected chi connectivity index (χ0v) is 21.1. The highest BCUT2D eigenvalue weighted by Crippen LogP contribution is 2.20. The fraction of sp³-hybridized carbons (Fsp3) is 0.222. The van der Waals surface area contributed by atoms with Crippen molar-refractivity contribution in [3.8, 4) is 11.4 Å². The molecule has 0 saturated heterocycles. The predicted octanol–water partition coefficient (Wildman–Crippen LogP) is 3.41. The van der Waals surface area contributed by atoms with E-state index < -0.39 is 23.8 Å². The third-order valence-corrected chi connectivity index (χ3v) is 5.85. The maximum atomic E-state index is 13.4. The normalized spacial score (nSPS) is 11.6. The van der Waals surface area contributed by atoms with Gasteiger partial charge in [-0.05, 0) is 36.6 Å². The first-order valence-electron chi connectivity index (χ1n) is 12.0. The van der Waals surface area contributed by atoms with Crippen LogP contribution in [-0.2, 0) is 17.8 Å². The Balaban J connectivity index is 1.35. The van der Waals surface area contributed by atoms with Gasteiger partial charge in [0.2, 0.25) is 11.7 Å². The fourth-order valence-electron chi connectivity index (χ4n) is 3.66. The Labute approximate surface area is 222 Å². The van der Waals surface area contributed by atoms with Crippen molar-refractivity contribution in [1.29, 1.82) is 0 Å². The number of nitrogens with one attached hydrogen (secondary N) is 2. The lowest BCUT2D eigenvalue weighted by Crippen LogP contribution is -2.29. The molecule has 2 heterocycles. The maximum absolute atomic E-state index is 13.4. The Kier molecular flexibility index (Phi) is 8.34. The Morgan fingerprint density at radius 3 is 2.44 bits per heavy atom. The minimum atomic E-state index is -0.950. The van der Waals surface area contributed by atoms with Crippen LogP contribution in [0.5, 0.6) is 0 Å². The van der Waals surface area contributed by atoms with E-state index in [9.17, 15) is 18.8 Å². The van der Waals surface area contributed by atoms with Crippen LogP contribution in [0, 0.1) is 12.7 Å². The number of carboxylic acids is 1. The first kappa shape index (κ1) is 27.0. The van der Waals surface area contributed by atoms with Gasteiger partial charge in [-0.15, -0.1) is 0 Å². The number of nitrogens with zero attached hydrogens (tertiary/aromatic N) is 4. The molecule has 0 bridgehead atoms. The summed E-state index contributed by atoms with van der Waals surface area (Å²) < 4.78 is 18.5. The quantitative estimate of drug-likeness (QED) is 0.278. The van der Waals surface area contributed by atoms with E-state index in [2.05, 4.69) is 30.7 Å². The molecule has 39 heavy (non-hydrogen) atoms. The number of carboxylic acid groups (broad SMARTS) is 1. The van der Waals surface area contributed by atoms with Gasteiger partial charge in [0.05, 0.1) is 12.5 Å². The minimum Gasteiger partial charge on any atom is -0.481 e. The highest BCUT2D eigenvalue weighted by molar-refractivity contribution is 5.97. The Morgan fingerprint density at radius 1 is 1.03 bits per heavy atom. The van der Waals surface area contributed by atoms with E-state index in [1.54, 1.807) is 50.2 Å². The highest BCUT2D eigenvalue weighted by Gasteiger charge is 2.17. The van der Waals surface area contributed by atoms with Gasteiger partial charge in [-0.3, -0.25) is 14.4 Å². The van der Waals surface area contributed by atoms with E-state index in [4.69, 9.17) is 9.63 Å². The van der Waals surface area contributed by atoms with Gasteiger partial charge in [-0.1, -0.05) is 41.6 Å². The summed E-state index contributed by atoms with van der Waals surface area (Å²) in [6.07, 6.45) is 1.18. The van der Waals surface area contributed by atoms with Crippen molar-refractivity contribution >= 4 is 17.8 Å². The van der Waals surface area contributed by atoms with Gasteiger partial charge in [0, 0.05) is 24.6 Å². The first-order chi connectivity index (χ1) is 18.7. The lowest BCUT2D eigenvalue weighted by atomic mass is 10.1. The zero-order valence-electron chi connectivity index (χ0n) is 21.1. The summed E-state index contributed by atoms with van der Waals surface area (Å²) >= 11 is 0. The van der Waals surface area contributed by atoms with Crippen LogP contribution in [0.1, 0.15) is 62.9 Å². The van der Waals surface area contributed by atoms with E-state index in [-0.39, 0.29) is 42.5 Å². The van der Waals surface area contributed by atoms with Crippen molar-refractivity contribution in [1.82, 2.24) is 30.7 Å². The van der Waals surface area contributed by atoms with Gasteiger partial charge in [0.25, 0.3) is 11.8 Å². The van der Waals surface area contributed by atoms with Gasteiger partial charge in [-0.2, -0.15) is 4.98 Å². The van der Waals surface area contributed by atoms with Crippen LogP contribution in [-0.4, -0.2) is 43.0 Å². The number of halogens is 1. The number of aliphatic carboxylic acids is 1. The van der Waals surface area contributed by atoms with Gasteiger partial charge in [0.1, 0.15) is 23.5 Å². The molecule has 1 atom stereocenters. The first-order valence-corrected chi connectivity index (χ1v) is 12.0. The molecule has 3 N–H and O–H groups in total. The lowest BCUT2D eigenvalue weighted by Gasteiger charge is -2.14. The standard InChI is InChI=1S/C27H25FN6O5/c1-15-11-17(3-8-20(15)28)13-29-26(37)21-12-22(31-14-30-21)27(38)32-16(2)18-4-6-19(7-5-18)25-33-23(39-34-25)9-10-24(35)36/h3-8,11-12,14,16H,9-10,13H2,1-2H3,(H,29,37)(H,32,38)(H,35,36)/t16-/m0/s1. The van der Waals surface area contributed by atoms with Crippen molar-refractivity contribution in [3.05, 3.63) is 94.6 Å². The SMILES string of the molecule is Cc1cc(CNC(=O)c2cc(C(=O)N[C@@H](C)c3ccc(-c4noc(CCC(=O)O)n4)cc3)ncn2)ccc1F. The topological polar surface area (TPSA) is 160 Å². The number of hydrogen-bond donors (Lipinski definition) is 3. The van der Waals surface area contributed by atoms with Crippen molar-refractivity contribution in [2.24, 2.45) is 0 Å². The van der Waals surface area contributed by atoms with Gasteiger partial charge in [-0.25, -0.2) is 14.4 Å². The summed E-state index contributed by atoms with van der Waals surface area (Å²) in [4.78, 5) is 48.2. The molecule has 2 aromatic heterocycles. The summed E-state index contributed by atoms with van der Waals surface area (Å²) in [5.41, 5.74) is 2.72. The van der Waals surface area contributed by atoms with Crippen LogP contribution in [0.3, 0.4) is 0 Å². The molecule has 0 spiro atoms. The Morgan fingerprint density at radius 2 is 1.74 bits per heavy atom. The van der Waals surface area contributed by atoms with Gasteiger partial charge < -0.3 is 20.3 Å². The number of aromatic nitrogens is 4. The van der Waals surface area contributed by atoms with E-state index in [1.165, 1.54) is 12.1 Å². The molecule has 0 aliphatic rings. The molecule has 200 valence electrons. The number of carbonyl (C=O) groups is 3. The number of carbonyl (C=O) groups excluding carboxylic acids is 2. The van der Waals surface area contributed by atoms with Crippen LogP contribution in [0.4, 0.5) is 4.39 Å². The average molecular weight is 533 g/mol. The Bertz CT molecular complexity index is 1500. The van der Waals surface area contributed by atoms with Crippen LogP contribution < -0.4 is 10.6 Å². The average Bonchev–Trinajstić information content (AvgIpc) is 3.41. The van der Waals surface area contributed by atoms with Crippen LogP contribution in [0.15, 0.2) is 59.4 Å². The molecule has 0 fully saturated rings. The third kappa shape index (κ3) is 7.06. The zero-order chi connectivity index (χ0) is 27.9. The molecular weight excluding hydrogens is 507 g/mol. The summed E-state index contributed by atoms with van der Waals surface area (Å²) in [6, 6.07) is 12.6. The summed E-state index contributed by atoms with van der Waals surface area (Å²) in [5.74, 6) is -1.69. The molecular formula is C27H25FN6O5. The number of hydrogen-bond acceptors (Lipinski definition) is 8. The van der Waals surface area contributed by atoms with Crippen LogP contribution in [0.25, 0.3) is 11.4 Å². The Hall–Kier alpha value is -5.00. The van der Waals surface area contributed by atoms with Crippen molar-refractivity contribution in [2.45, 2.75) is 39.3 Å². The molecule has 0 aliphatic heterocycles. The number of aryl methyl sites for hydroxylation is 2. The second-order valence-corrected chi connectivity index (χ2v) is 8.78. The van der Waals surface area contributed by atoms with Crippen molar-refractivity contribution in [3.63, 3.8) is 0 Å². The van der Waals surface area contributed by atoms with Crippen LogP contribution >= 0.6 is 0 Å². The largest absolute Gasteiger partial charge is 0.481 e. The molecule has 4 aromatic rings. The fourth-order valence-corrected chi connectivity index (χ4v) is 3.66. The second-order valence-electron chi connectivity index (χ2n) is 8.78. The lowest BCUT2D eigenvalue weighted by molar-refractivity contribution is -0.137. The van der Waals surface area contributed by atoms with E-state index >= 15 is 0 Å². The van der Waals surface area contributed by atoms with Gasteiger partial charge in [0.15, 0.2) is 0 Å². The van der Waals surface area contributed by atoms with Crippen LogP contribution in [0.2, 0.25) is 0 Å². The molecule has 0 radical (unpaired) electrons. The molecule has 0 unspecified atom stereocenters. The van der Waals surface area contributed by atoms with E-state index in [0.29, 0.717) is 17.0 Å². The number of benzene rings is 2. The van der Waals surface area contributed by atoms with E-state index in [1.807, 2.05) is 0 Å². The smallest absolute Gasteiger partial charge is 0.303 e. The number of rotatable bonds is 10. The summed E-state index contributed by atoms with van der Waals surface area (Å²) in [5, 5.41) is 18.2. The van der Waals surface area contributed by atoms with E-state index in [0.717, 1.165) is 17.5 Å². The molecule has 2 aromatic carbocycles. The molecule has 0 saturated carbocycles. The minimum absolute atomic E-state index is 0.0221. The van der Waals surface area contributed by atoms with Crippen molar-refractivity contribution < 1.29 is 28.4 Å². The molecule has 2 amide bonds. The summed E-state index contributed by atoms with van der Waals surface area (Å²) in [7, 11) is 0. The molecule has 4 rings (SSSR count). The molecule has 12 heteroatoms.